The third-order valence-electron chi connectivity index (χ3n) is 20.7. The molecule has 13 aromatic carbocycles. The third kappa shape index (κ3) is 14.6. The van der Waals surface area contributed by atoms with Crippen LogP contribution in [0, 0.1) is 23.7 Å². The van der Waals surface area contributed by atoms with Gasteiger partial charge in [0.15, 0.2) is 0 Å². The normalized spacial score (nSPS) is 12.5. The van der Waals surface area contributed by atoms with Crippen molar-refractivity contribution in [3.8, 4) is 23.7 Å². The minimum Gasteiger partial charge on any atom is -0.382 e. The summed E-state index contributed by atoms with van der Waals surface area (Å²) in [5, 5.41) is 32.9. The second-order valence-corrected chi connectivity index (χ2v) is 27.4. The number of hydrogen-bond donors (Lipinski definition) is 0. The maximum absolute atomic E-state index is 6.05. The molecule has 0 unspecified atom stereocenters. The molecule has 0 N–H and O–H groups in total. The van der Waals surface area contributed by atoms with E-state index in [4.69, 9.17) is 37.9 Å². The molecule has 0 fully saturated rings. The van der Waals surface area contributed by atoms with Crippen molar-refractivity contribution in [2.24, 2.45) is 0 Å². The molecule has 0 radical (unpaired) electrons. The van der Waals surface area contributed by atoms with E-state index in [1.165, 1.54) is 269 Å². The standard InChI is InChI=1S/C88H102O8/c1-5-7-9-11-13-15-17-19-21-23-31-61-53-69-65-35-29-37-67-71-55-63(33-25-27-39-91-45-47-95-51-49-93-43-41-89-3)59-75-76-60-64(34-26-28-40-92-46-48-96-52-50-94-44-42-90-4)56-72-68-38-30-36-66-70-54-62(32-24-22-20-18-16-14-12-10-8-6-2)58-74-73(57-61)79(69)85-83(77(65)67)87(81(71)75)88(82(72)76)84(78(66)68)86(85)80(70)74/h29-30,35-38,53-60H,5-24,27-28,31-32,39-52H2,1-4H3. The summed E-state index contributed by atoms with van der Waals surface area (Å²) in [5.74, 6) is 14.5. The summed E-state index contributed by atoms with van der Waals surface area (Å²) in [7, 11) is 3.36. The summed E-state index contributed by atoms with van der Waals surface area (Å²) < 4.78 is 44.9. The van der Waals surface area contributed by atoms with Crippen molar-refractivity contribution in [3.63, 3.8) is 0 Å². The molecule has 0 saturated carbocycles. The molecule has 0 atom stereocenters. The smallest absolute Gasteiger partial charge is 0.0701 e. The van der Waals surface area contributed by atoms with Gasteiger partial charge in [0, 0.05) is 38.2 Å². The SMILES string of the molecule is CCCCCCCCCCCCc1cc2c3cccc4c5cc(C#CCCOCCOCCOCCOC)cc6c7cc(C#CCCOCCOCCOCCOC)cc8c9cccc%10c%11cc(CCCCCCCCCCCC)cc%12c(c1)c2c1c(c43)c(c56)c(c87)c(c9%10)c1c%11%12. The number of benzene rings is 13. The van der Waals surface area contributed by atoms with Crippen molar-refractivity contribution in [1.29, 1.82) is 0 Å². The van der Waals surface area contributed by atoms with Gasteiger partial charge in [-0.2, -0.15) is 0 Å². The van der Waals surface area contributed by atoms with Gasteiger partial charge in [0.2, 0.25) is 0 Å². The van der Waals surface area contributed by atoms with Gasteiger partial charge in [-0.15, -0.1) is 0 Å². The van der Waals surface area contributed by atoms with Crippen LogP contribution in [-0.4, -0.2) is 107 Å². The quantitative estimate of drug-likeness (QED) is 0.0162. The van der Waals surface area contributed by atoms with E-state index in [2.05, 4.69) is 122 Å². The Balaban J connectivity index is 0.941. The minimum atomic E-state index is 0.511. The van der Waals surface area contributed by atoms with Crippen LogP contribution in [0.5, 0.6) is 0 Å². The van der Waals surface area contributed by atoms with Crippen LogP contribution in [0.3, 0.4) is 0 Å². The summed E-state index contributed by atoms with van der Waals surface area (Å²) >= 11 is 0. The van der Waals surface area contributed by atoms with Crippen molar-refractivity contribution < 1.29 is 37.9 Å². The van der Waals surface area contributed by atoms with Gasteiger partial charge in [0.25, 0.3) is 0 Å². The minimum absolute atomic E-state index is 0.511. The third-order valence-corrected chi connectivity index (χ3v) is 20.7. The zero-order valence-corrected chi connectivity index (χ0v) is 58.2. The van der Waals surface area contributed by atoms with Gasteiger partial charge in [-0.05, 0) is 190 Å². The largest absolute Gasteiger partial charge is 0.382 e. The van der Waals surface area contributed by atoms with Crippen molar-refractivity contribution in [2.45, 2.75) is 168 Å². The monoisotopic (exact) mass is 1290 g/mol. The Morgan fingerprint density at radius 3 is 0.792 bits per heavy atom. The van der Waals surface area contributed by atoms with E-state index in [9.17, 15) is 0 Å². The van der Waals surface area contributed by atoms with Crippen LogP contribution in [0.1, 0.15) is 177 Å². The predicted molar refractivity (Wildman–Crippen MR) is 406 cm³/mol. The molecule has 0 spiro atoms. The van der Waals surface area contributed by atoms with Gasteiger partial charge in [0.1, 0.15) is 0 Å². The molecule has 0 aliphatic carbocycles. The zero-order chi connectivity index (χ0) is 65.4. The average molecular weight is 1290 g/mol. The predicted octanol–water partition coefficient (Wildman–Crippen LogP) is 22.0. The molecular weight excluding hydrogens is 1180 g/mol. The molecule has 0 amide bonds. The van der Waals surface area contributed by atoms with E-state index in [1.54, 1.807) is 14.2 Å². The lowest BCUT2D eigenvalue weighted by molar-refractivity contribution is 0.00440. The second-order valence-electron chi connectivity index (χ2n) is 27.4. The average Bonchev–Trinajstić information content (AvgIpc) is 0.645. The molecule has 0 heterocycles. The van der Waals surface area contributed by atoms with Crippen molar-refractivity contribution >= 4 is 129 Å². The van der Waals surface area contributed by atoms with E-state index in [-0.39, 0.29) is 0 Å². The topological polar surface area (TPSA) is 73.8 Å². The fourth-order valence-electron chi connectivity index (χ4n) is 16.3. The number of fused-ring (bicyclic) bond motifs is 6. The summed E-state index contributed by atoms with van der Waals surface area (Å²) in [6.45, 7) is 12.2. The Kier molecular flexibility index (Phi) is 23.9. The highest BCUT2D eigenvalue weighted by Gasteiger charge is 2.32. The maximum atomic E-state index is 6.05. The van der Waals surface area contributed by atoms with Gasteiger partial charge in [0.05, 0.1) is 92.5 Å². The number of aryl methyl sites for hydroxylation is 2. The molecule has 96 heavy (non-hydrogen) atoms. The molecule has 13 rings (SSSR count). The second kappa shape index (κ2) is 33.7. The summed E-state index contributed by atoms with van der Waals surface area (Å²) in [6, 6.07) is 34.7. The van der Waals surface area contributed by atoms with Crippen LogP contribution in [0.4, 0.5) is 0 Å². The molecule has 0 saturated heterocycles. The molecule has 0 aromatic heterocycles. The fraction of sp³-hybridized carbons (Fsp3) is 0.477. The molecule has 502 valence electrons. The van der Waals surface area contributed by atoms with Crippen molar-refractivity contribution in [2.75, 3.05) is 107 Å². The number of unbranched alkanes of at least 4 members (excludes halogenated alkanes) is 18. The first-order valence-corrected chi connectivity index (χ1v) is 37.3. The Labute approximate surface area is 569 Å². The molecule has 0 bridgehead atoms. The molecule has 0 aliphatic heterocycles. The van der Waals surface area contributed by atoms with Crippen molar-refractivity contribution in [1.82, 2.24) is 0 Å². The van der Waals surface area contributed by atoms with Gasteiger partial charge in [-0.3, -0.25) is 0 Å². The molecule has 8 nitrogen and oxygen atoms in total. The van der Waals surface area contributed by atoms with E-state index in [0.29, 0.717) is 105 Å². The first kappa shape index (κ1) is 67.9. The molecule has 13 aromatic rings. The van der Waals surface area contributed by atoms with Crippen LogP contribution >= 0.6 is 0 Å². The van der Waals surface area contributed by atoms with Gasteiger partial charge in [-0.25, -0.2) is 0 Å². The highest BCUT2D eigenvalue weighted by Crippen LogP contribution is 2.60. The first-order chi connectivity index (χ1) is 47.6. The summed E-state index contributed by atoms with van der Waals surface area (Å²) in [5.41, 5.74) is 4.97. The Morgan fingerprint density at radius 2 is 0.490 bits per heavy atom. The number of methoxy groups -OCH3 is 2. The lowest BCUT2D eigenvalue weighted by Gasteiger charge is -2.29. The fourth-order valence-corrected chi connectivity index (χ4v) is 16.3. The van der Waals surface area contributed by atoms with Crippen LogP contribution in [0.2, 0.25) is 0 Å². The Morgan fingerprint density at radius 1 is 0.250 bits per heavy atom. The Bertz CT molecular complexity index is 4410. The molecule has 0 aliphatic rings. The van der Waals surface area contributed by atoms with Gasteiger partial charge in [-0.1, -0.05) is 214 Å². The summed E-state index contributed by atoms with van der Waals surface area (Å²) in [4.78, 5) is 0. The van der Waals surface area contributed by atoms with Crippen LogP contribution in [-0.2, 0) is 50.7 Å². The Hall–Kier alpha value is -6.66. The number of hydrogen-bond acceptors (Lipinski definition) is 8. The van der Waals surface area contributed by atoms with E-state index < -0.39 is 0 Å². The molecule has 8 heteroatoms. The first-order valence-electron chi connectivity index (χ1n) is 37.3. The van der Waals surface area contributed by atoms with E-state index in [1.807, 2.05) is 0 Å². The van der Waals surface area contributed by atoms with Crippen molar-refractivity contribution in [3.05, 3.63) is 107 Å². The highest BCUT2D eigenvalue weighted by molar-refractivity contribution is 6.61. The molecular formula is C88H102O8. The number of ether oxygens (including phenoxy) is 8. The van der Waals surface area contributed by atoms with Gasteiger partial charge >= 0.3 is 0 Å². The lowest BCUT2D eigenvalue weighted by atomic mass is 9.72. The van der Waals surface area contributed by atoms with Crippen LogP contribution in [0.25, 0.3) is 129 Å². The maximum Gasteiger partial charge on any atom is 0.0701 e. The van der Waals surface area contributed by atoms with E-state index in [0.717, 1.165) is 24.0 Å². The van der Waals surface area contributed by atoms with Crippen LogP contribution < -0.4 is 0 Å². The highest BCUT2D eigenvalue weighted by atomic mass is 16.6. The van der Waals surface area contributed by atoms with E-state index >= 15 is 0 Å². The number of rotatable bonds is 44. The van der Waals surface area contributed by atoms with Crippen LogP contribution in [0.15, 0.2) is 84.9 Å². The zero-order valence-electron chi connectivity index (χ0n) is 58.2. The van der Waals surface area contributed by atoms with Gasteiger partial charge < -0.3 is 37.9 Å². The summed E-state index contributed by atoms with van der Waals surface area (Å²) in [6.07, 6.45) is 30.2. The lowest BCUT2D eigenvalue weighted by Crippen LogP contribution is -2.11.